The molecule has 0 saturated heterocycles. The largest absolute Gasteiger partial charge is 0.0588 e. The molecule has 60 heavy (non-hydrogen) atoms. The van der Waals surface area contributed by atoms with Gasteiger partial charge in [0.05, 0.1) is 0 Å². The number of hydrogen-bond donors (Lipinski definition) is 0. The van der Waals surface area contributed by atoms with Crippen LogP contribution in [0.1, 0.15) is 210 Å². The van der Waals surface area contributed by atoms with Crippen LogP contribution in [0.2, 0.25) is 0 Å². The van der Waals surface area contributed by atoms with Gasteiger partial charge in [-0.2, -0.15) is 0 Å². The Morgan fingerprint density at radius 1 is 0.250 bits per heavy atom. The summed E-state index contributed by atoms with van der Waals surface area (Å²) in [6, 6.07) is 22.6. The zero-order chi connectivity index (χ0) is 46.5. The van der Waals surface area contributed by atoms with Gasteiger partial charge in [-0.15, -0.1) is 0 Å². The molecule has 0 aromatic heterocycles. The van der Waals surface area contributed by atoms with Crippen molar-refractivity contribution in [2.75, 3.05) is 0 Å². The van der Waals surface area contributed by atoms with E-state index in [1.54, 1.807) is 0 Å². The first kappa shape index (κ1) is 54.1. The molecule has 0 spiro atoms. The van der Waals surface area contributed by atoms with Gasteiger partial charge in [0.2, 0.25) is 0 Å². The van der Waals surface area contributed by atoms with Crippen molar-refractivity contribution in [2.45, 2.75) is 203 Å². The van der Waals surface area contributed by atoms with Gasteiger partial charge in [-0.1, -0.05) is 135 Å². The number of hydrogen-bond acceptors (Lipinski definition) is 0. The van der Waals surface area contributed by atoms with E-state index < -0.39 is 0 Å². The lowest BCUT2D eigenvalue weighted by Crippen LogP contribution is -1.97. The van der Waals surface area contributed by atoms with Gasteiger partial charge in [-0.3, -0.25) is 0 Å². The monoisotopic (exact) mass is 811 g/mol. The Morgan fingerprint density at radius 3 is 1.08 bits per heavy atom. The molecule has 330 valence electrons. The quantitative estimate of drug-likeness (QED) is 0.166. The second-order valence-electron chi connectivity index (χ2n) is 19.6. The van der Waals surface area contributed by atoms with E-state index in [0.29, 0.717) is 29.6 Å². The average molecular weight is 811 g/mol. The van der Waals surface area contributed by atoms with Crippen molar-refractivity contribution in [1.82, 2.24) is 0 Å². The van der Waals surface area contributed by atoms with E-state index in [9.17, 15) is 0 Å². The molecule has 0 radical (unpaired) electrons. The summed E-state index contributed by atoms with van der Waals surface area (Å²) in [6.45, 7) is 55.4. The van der Waals surface area contributed by atoms with Gasteiger partial charge >= 0.3 is 0 Å². The van der Waals surface area contributed by atoms with Crippen molar-refractivity contribution in [3.63, 3.8) is 0 Å². The molecule has 0 unspecified atom stereocenters. The topological polar surface area (TPSA) is 0 Å². The van der Waals surface area contributed by atoms with Crippen LogP contribution >= 0.6 is 0 Å². The molecule has 0 amide bonds. The van der Waals surface area contributed by atoms with Crippen LogP contribution in [-0.4, -0.2) is 0 Å². The Bertz CT molecular complexity index is 2070. The summed E-state index contributed by atoms with van der Waals surface area (Å²) < 4.78 is 0. The zero-order valence-electron chi connectivity index (χ0n) is 43.7. The maximum absolute atomic E-state index is 2.31. The highest BCUT2D eigenvalue weighted by atomic mass is 14.2. The predicted molar refractivity (Wildman–Crippen MR) is 274 cm³/mol. The Hall–Kier alpha value is -3.90. The molecule has 0 nitrogen and oxygen atoms in total. The van der Waals surface area contributed by atoms with Gasteiger partial charge in [0, 0.05) is 0 Å². The molecule has 0 heteroatoms. The van der Waals surface area contributed by atoms with E-state index in [2.05, 4.69) is 234 Å². The Labute approximate surface area is 373 Å². The highest BCUT2D eigenvalue weighted by molar-refractivity contribution is 5.43. The fourth-order valence-corrected chi connectivity index (χ4v) is 8.57. The van der Waals surface area contributed by atoms with Crippen LogP contribution in [0.25, 0.3) is 0 Å². The van der Waals surface area contributed by atoms with Gasteiger partial charge in [-0.25, -0.2) is 0 Å². The van der Waals surface area contributed by atoms with Crippen molar-refractivity contribution in [3.8, 4) is 0 Å². The molecule has 0 bridgehead atoms. The molecule has 5 rings (SSSR count). The fraction of sp³-hybridized carbons (Fsp3) is 0.500. The smallest absolute Gasteiger partial charge is 0.0213 e. The van der Waals surface area contributed by atoms with Crippen molar-refractivity contribution in [1.29, 1.82) is 0 Å². The Kier molecular flexibility index (Phi) is 22.1. The molecule has 0 aliphatic carbocycles. The van der Waals surface area contributed by atoms with Gasteiger partial charge in [-0.05, 0) is 239 Å². The predicted octanol–water partition coefficient (Wildman–Crippen LogP) is 18.7. The van der Waals surface area contributed by atoms with Gasteiger partial charge in [0.15, 0.2) is 0 Å². The lowest BCUT2D eigenvalue weighted by molar-refractivity contribution is 0.843. The minimum atomic E-state index is 0.642. The fourth-order valence-electron chi connectivity index (χ4n) is 8.57. The minimum Gasteiger partial charge on any atom is -0.0588 e. The molecule has 0 fully saturated rings. The first-order valence-corrected chi connectivity index (χ1v) is 23.0. The van der Waals surface area contributed by atoms with Crippen LogP contribution in [0.4, 0.5) is 0 Å². The summed E-state index contributed by atoms with van der Waals surface area (Å²) in [5, 5.41) is 0. The SMILES string of the molecule is Cc1cc(C(C)C)cc(C)c1C.Cc1cc(C)c(C(C)C)c(C)c1.Cc1cc(C)c(C(C)C)cc1C.Cc1ccc(C(C)C)c(C)c1C.Cc1ccc(C)c(C(C)C)c1C. The maximum Gasteiger partial charge on any atom is -0.0213 e. The van der Waals surface area contributed by atoms with E-state index in [-0.39, 0.29) is 0 Å². The summed E-state index contributed by atoms with van der Waals surface area (Å²) in [5.41, 5.74) is 28.8. The van der Waals surface area contributed by atoms with Crippen LogP contribution in [-0.2, 0) is 0 Å². The van der Waals surface area contributed by atoms with Crippen LogP contribution in [0, 0.1) is 104 Å². The first-order chi connectivity index (χ1) is 27.6. The zero-order valence-corrected chi connectivity index (χ0v) is 43.7. The maximum atomic E-state index is 2.31. The third kappa shape index (κ3) is 15.9. The second-order valence-corrected chi connectivity index (χ2v) is 19.6. The van der Waals surface area contributed by atoms with E-state index in [0.717, 1.165) is 0 Å². The Morgan fingerprint density at radius 2 is 0.667 bits per heavy atom. The lowest BCUT2D eigenvalue weighted by atomic mass is 9.91. The highest BCUT2D eigenvalue weighted by Crippen LogP contribution is 2.27. The molecule has 5 aromatic rings. The van der Waals surface area contributed by atoms with Gasteiger partial charge < -0.3 is 0 Å². The van der Waals surface area contributed by atoms with Crippen molar-refractivity contribution in [2.24, 2.45) is 0 Å². The molecular formula is C60H90. The van der Waals surface area contributed by atoms with E-state index in [4.69, 9.17) is 0 Å². The minimum absolute atomic E-state index is 0.642. The average Bonchev–Trinajstić information content (AvgIpc) is 3.12. The van der Waals surface area contributed by atoms with E-state index >= 15 is 0 Å². The van der Waals surface area contributed by atoms with Crippen molar-refractivity contribution in [3.05, 3.63) is 172 Å². The third-order valence-corrected chi connectivity index (χ3v) is 12.7. The normalized spacial score (nSPS) is 10.8. The molecule has 0 aliphatic rings. The number of rotatable bonds is 5. The van der Waals surface area contributed by atoms with Crippen LogP contribution in [0.3, 0.4) is 0 Å². The third-order valence-electron chi connectivity index (χ3n) is 12.7. The van der Waals surface area contributed by atoms with Crippen molar-refractivity contribution < 1.29 is 0 Å². The molecule has 5 aromatic carbocycles. The lowest BCUT2D eigenvalue weighted by Gasteiger charge is -2.15. The standard InChI is InChI=1S/5C12H18/c1-8(2)12-6-9(3)11(5)10(4)7-12;1-8(2)12-7-10(4)9(3)6-11(12)5;1-8(2)12-10(4)6-9(3)7-11(12)5;1-8(2)12-7-6-9(3)10(4)11(12)5;1-8(2)12-10(4)7-6-9(3)11(12)5/h5*6-8H,1-5H3. The second kappa shape index (κ2) is 24.5. The number of aryl methyl sites for hydroxylation is 11. The summed E-state index contributed by atoms with van der Waals surface area (Å²) >= 11 is 0. The van der Waals surface area contributed by atoms with Crippen LogP contribution in [0.15, 0.2) is 60.7 Å². The summed E-state index contributed by atoms with van der Waals surface area (Å²) in [7, 11) is 0. The molecule has 0 saturated carbocycles. The molecule has 0 N–H and O–H groups in total. The summed E-state index contributed by atoms with van der Waals surface area (Å²) in [5.74, 6) is 3.21. The van der Waals surface area contributed by atoms with Gasteiger partial charge in [0.1, 0.15) is 0 Å². The number of benzene rings is 5. The Balaban J connectivity index is 0.000000375. The van der Waals surface area contributed by atoms with E-state index in [1.807, 2.05) is 0 Å². The molecule has 0 heterocycles. The molecule has 0 atom stereocenters. The molecular weight excluding hydrogens is 721 g/mol. The van der Waals surface area contributed by atoms with E-state index in [1.165, 1.54) is 111 Å². The highest BCUT2D eigenvalue weighted by Gasteiger charge is 2.10. The van der Waals surface area contributed by atoms with Crippen molar-refractivity contribution >= 4 is 0 Å². The van der Waals surface area contributed by atoms with Crippen LogP contribution in [0.5, 0.6) is 0 Å². The summed E-state index contributed by atoms with van der Waals surface area (Å²) in [6.07, 6.45) is 0. The van der Waals surface area contributed by atoms with Crippen LogP contribution < -0.4 is 0 Å². The molecule has 0 aliphatic heterocycles. The first-order valence-electron chi connectivity index (χ1n) is 23.0. The summed E-state index contributed by atoms with van der Waals surface area (Å²) in [4.78, 5) is 0. The van der Waals surface area contributed by atoms with Gasteiger partial charge in [0.25, 0.3) is 0 Å².